The average Bonchev–Trinajstić information content (AvgIpc) is 2.40. The minimum atomic E-state index is 0.657. The van der Waals surface area contributed by atoms with Crippen molar-refractivity contribution >= 4 is 23.7 Å². The normalized spacial score (nSPS) is 15.8. The van der Waals surface area contributed by atoms with Crippen LogP contribution in [0.15, 0.2) is 5.16 Å². The quantitative estimate of drug-likeness (QED) is 0.807. The third-order valence-corrected chi connectivity index (χ3v) is 3.23. The summed E-state index contributed by atoms with van der Waals surface area (Å²) in [6.07, 6.45) is 0. The fourth-order valence-electron chi connectivity index (χ4n) is 1.68. The van der Waals surface area contributed by atoms with Crippen LogP contribution >= 0.6 is 11.8 Å². The summed E-state index contributed by atoms with van der Waals surface area (Å²) in [6, 6.07) is 0. The lowest BCUT2D eigenvalue weighted by molar-refractivity contribution is 0.122. The Hall–Kier alpha value is -1.08. The van der Waals surface area contributed by atoms with Crippen molar-refractivity contribution < 1.29 is 4.74 Å². The van der Waals surface area contributed by atoms with Crippen molar-refractivity contribution in [2.45, 2.75) is 19.0 Å². The van der Waals surface area contributed by atoms with Gasteiger partial charge in [0, 0.05) is 19.6 Å². The lowest BCUT2D eigenvalue weighted by Gasteiger charge is -2.27. The molecule has 1 aliphatic rings. The van der Waals surface area contributed by atoms with Gasteiger partial charge in [0.1, 0.15) is 0 Å². The Morgan fingerprint density at radius 1 is 1.22 bits per heavy atom. The number of rotatable bonds is 5. The van der Waals surface area contributed by atoms with Gasteiger partial charge < -0.3 is 15.0 Å². The Balaban J connectivity index is 2.20. The number of anilines is 2. The highest BCUT2D eigenvalue weighted by atomic mass is 32.2. The highest BCUT2D eigenvalue weighted by Crippen LogP contribution is 2.18. The predicted octanol–water partition coefficient (Wildman–Crippen LogP) is 1.25. The summed E-state index contributed by atoms with van der Waals surface area (Å²) in [4.78, 5) is 15.5. The molecular weight excluding hydrogens is 250 g/mol. The Bertz CT molecular complexity index is 359. The Morgan fingerprint density at radius 2 is 2.00 bits per heavy atom. The first kappa shape index (κ1) is 13.4. The van der Waals surface area contributed by atoms with Crippen LogP contribution in [-0.2, 0) is 4.74 Å². The maximum absolute atomic E-state index is 5.34. The van der Waals surface area contributed by atoms with Crippen LogP contribution in [0.1, 0.15) is 13.8 Å². The molecule has 1 N–H and O–H groups in total. The zero-order valence-electron chi connectivity index (χ0n) is 10.8. The molecule has 2 heterocycles. The Kier molecular flexibility index (Phi) is 5.00. The molecule has 100 valence electrons. The van der Waals surface area contributed by atoms with E-state index < -0.39 is 0 Å². The minimum absolute atomic E-state index is 0.657. The van der Waals surface area contributed by atoms with Crippen LogP contribution in [-0.4, -0.2) is 53.6 Å². The Labute approximate surface area is 112 Å². The van der Waals surface area contributed by atoms with Gasteiger partial charge in [-0.2, -0.15) is 15.0 Å². The second kappa shape index (κ2) is 6.75. The van der Waals surface area contributed by atoms with Gasteiger partial charge in [-0.05, 0) is 12.7 Å². The van der Waals surface area contributed by atoms with E-state index in [1.54, 1.807) is 11.8 Å². The first-order chi connectivity index (χ1) is 8.83. The third-order valence-electron chi connectivity index (χ3n) is 2.51. The van der Waals surface area contributed by atoms with Gasteiger partial charge in [-0.3, -0.25) is 0 Å². The molecule has 0 aromatic carbocycles. The number of ether oxygens (including phenoxy) is 1. The van der Waals surface area contributed by atoms with E-state index in [0.29, 0.717) is 5.95 Å². The second-order valence-corrected chi connectivity index (χ2v) is 5.04. The van der Waals surface area contributed by atoms with E-state index in [2.05, 4.69) is 32.1 Å². The summed E-state index contributed by atoms with van der Waals surface area (Å²) >= 11 is 1.63. The molecule has 18 heavy (non-hydrogen) atoms. The fourth-order valence-corrected chi connectivity index (χ4v) is 2.24. The highest BCUT2D eigenvalue weighted by Gasteiger charge is 2.16. The van der Waals surface area contributed by atoms with Crippen LogP contribution in [0.4, 0.5) is 11.9 Å². The fraction of sp³-hybridized carbons (Fsp3) is 0.727. The smallest absolute Gasteiger partial charge is 0.231 e. The molecule has 2 rings (SSSR count). The molecule has 1 aromatic rings. The van der Waals surface area contributed by atoms with Gasteiger partial charge >= 0.3 is 0 Å². The molecule has 0 amide bonds. The predicted molar refractivity (Wildman–Crippen MR) is 73.4 cm³/mol. The standard InChI is InChI=1S/C11H19N5OS/c1-3-12-9-13-10(15-11(14-9)18-4-2)16-5-7-17-8-6-16/h3-8H2,1-2H3,(H,12,13,14,15). The summed E-state index contributed by atoms with van der Waals surface area (Å²) < 4.78 is 5.34. The number of aromatic nitrogens is 3. The van der Waals surface area contributed by atoms with Crippen LogP contribution in [0.25, 0.3) is 0 Å². The number of nitrogens with zero attached hydrogens (tertiary/aromatic N) is 4. The lowest BCUT2D eigenvalue weighted by Crippen LogP contribution is -2.37. The van der Waals surface area contributed by atoms with Crippen LogP contribution in [0.3, 0.4) is 0 Å². The number of morpholine rings is 1. The van der Waals surface area contributed by atoms with Crippen molar-refractivity contribution in [2.75, 3.05) is 48.8 Å². The Morgan fingerprint density at radius 3 is 2.67 bits per heavy atom. The van der Waals surface area contributed by atoms with E-state index in [1.807, 2.05) is 6.92 Å². The van der Waals surface area contributed by atoms with E-state index in [1.165, 1.54) is 0 Å². The van der Waals surface area contributed by atoms with Gasteiger partial charge in [-0.25, -0.2) is 0 Å². The van der Waals surface area contributed by atoms with Gasteiger partial charge in [-0.15, -0.1) is 0 Å². The van der Waals surface area contributed by atoms with Crippen molar-refractivity contribution in [3.8, 4) is 0 Å². The molecule has 7 heteroatoms. The number of nitrogens with one attached hydrogen (secondary N) is 1. The number of hydrogen-bond acceptors (Lipinski definition) is 7. The van der Waals surface area contributed by atoms with Crippen LogP contribution in [0.2, 0.25) is 0 Å². The molecule has 0 aliphatic carbocycles. The molecule has 0 atom stereocenters. The summed E-state index contributed by atoms with van der Waals surface area (Å²) in [7, 11) is 0. The van der Waals surface area contributed by atoms with Gasteiger partial charge in [0.05, 0.1) is 13.2 Å². The molecule has 6 nitrogen and oxygen atoms in total. The van der Waals surface area contributed by atoms with E-state index >= 15 is 0 Å². The highest BCUT2D eigenvalue weighted by molar-refractivity contribution is 7.99. The SMILES string of the molecule is CCNc1nc(SCC)nc(N2CCOCC2)n1. The molecule has 0 spiro atoms. The number of hydrogen-bond donors (Lipinski definition) is 1. The van der Waals surface area contributed by atoms with Gasteiger partial charge in [0.2, 0.25) is 11.9 Å². The van der Waals surface area contributed by atoms with E-state index in [-0.39, 0.29) is 0 Å². The maximum Gasteiger partial charge on any atom is 0.231 e. The van der Waals surface area contributed by atoms with Gasteiger partial charge in [-0.1, -0.05) is 18.7 Å². The molecule has 0 unspecified atom stereocenters. The monoisotopic (exact) mass is 269 g/mol. The summed E-state index contributed by atoms with van der Waals surface area (Å²) in [5, 5.41) is 3.93. The molecule has 0 bridgehead atoms. The van der Waals surface area contributed by atoms with Crippen molar-refractivity contribution in [3.63, 3.8) is 0 Å². The molecule has 1 aliphatic heterocycles. The van der Waals surface area contributed by atoms with E-state index in [4.69, 9.17) is 4.74 Å². The first-order valence-corrected chi connectivity index (χ1v) is 7.27. The van der Waals surface area contributed by atoms with Gasteiger partial charge in [0.15, 0.2) is 5.16 Å². The summed E-state index contributed by atoms with van der Waals surface area (Å²) in [6.45, 7) is 8.08. The molecule has 0 radical (unpaired) electrons. The van der Waals surface area contributed by atoms with E-state index in [0.717, 1.165) is 49.7 Å². The van der Waals surface area contributed by atoms with Crippen molar-refractivity contribution in [3.05, 3.63) is 0 Å². The largest absolute Gasteiger partial charge is 0.378 e. The topological polar surface area (TPSA) is 63.2 Å². The molecular formula is C11H19N5OS. The van der Waals surface area contributed by atoms with E-state index in [9.17, 15) is 0 Å². The van der Waals surface area contributed by atoms with Gasteiger partial charge in [0.25, 0.3) is 0 Å². The maximum atomic E-state index is 5.34. The average molecular weight is 269 g/mol. The molecule has 0 saturated carbocycles. The van der Waals surface area contributed by atoms with Crippen molar-refractivity contribution in [1.29, 1.82) is 0 Å². The molecule has 1 saturated heterocycles. The van der Waals surface area contributed by atoms with Crippen LogP contribution in [0.5, 0.6) is 0 Å². The van der Waals surface area contributed by atoms with Crippen LogP contribution in [0, 0.1) is 0 Å². The molecule has 1 aromatic heterocycles. The first-order valence-electron chi connectivity index (χ1n) is 6.29. The van der Waals surface area contributed by atoms with Crippen molar-refractivity contribution in [2.24, 2.45) is 0 Å². The lowest BCUT2D eigenvalue weighted by atomic mass is 10.4. The second-order valence-electron chi connectivity index (χ2n) is 3.80. The number of thioether (sulfide) groups is 1. The van der Waals surface area contributed by atoms with Crippen LogP contribution < -0.4 is 10.2 Å². The summed E-state index contributed by atoms with van der Waals surface area (Å²) in [5.41, 5.74) is 0. The third kappa shape index (κ3) is 3.46. The minimum Gasteiger partial charge on any atom is -0.378 e. The zero-order chi connectivity index (χ0) is 12.8. The molecule has 1 fully saturated rings. The zero-order valence-corrected chi connectivity index (χ0v) is 11.7. The summed E-state index contributed by atoms with van der Waals surface area (Å²) in [5.74, 6) is 2.36. The van der Waals surface area contributed by atoms with Crippen molar-refractivity contribution in [1.82, 2.24) is 15.0 Å².